The van der Waals surface area contributed by atoms with Gasteiger partial charge < -0.3 is 88.6 Å². The molecule has 0 amide bonds. The molecule has 3 saturated heterocycles. The lowest BCUT2D eigenvalue weighted by Crippen LogP contribution is -2.69. The first-order valence-corrected chi connectivity index (χ1v) is 21.8. The van der Waals surface area contributed by atoms with Crippen LogP contribution < -0.4 is 0 Å². The van der Waals surface area contributed by atoms with Gasteiger partial charge in [-0.1, -0.05) is 6.92 Å². The third-order valence-corrected chi connectivity index (χ3v) is 16.3. The number of cyclic esters (lactones) is 1. The lowest BCUT2D eigenvalue weighted by molar-refractivity contribution is -0.355. The average molecular weight is 873 g/mol. The fourth-order valence-corrected chi connectivity index (χ4v) is 12.9. The van der Waals surface area contributed by atoms with Crippen LogP contribution in [0.15, 0.2) is 11.6 Å². The normalized spacial score (nSPS) is 53.6. The number of hydrogen-bond acceptors (Lipinski definition) is 19. The molecule has 61 heavy (non-hydrogen) atoms. The second kappa shape index (κ2) is 17.2. The largest absolute Gasteiger partial charge is 0.458 e. The van der Waals surface area contributed by atoms with Crippen molar-refractivity contribution in [2.45, 2.75) is 181 Å². The Balaban J connectivity index is 0.886. The first-order valence-electron chi connectivity index (χ1n) is 21.8. The molecule has 19 heteroatoms. The van der Waals surface area contributed by atoms with E-state index in [9.17, 15) is 55.5 Å². The van der Waals surface area contributed by atoms with Crippen LogP contribution in [0.3, 0.4) is 0 Å². The molecule has 8 rings (SSSR count). The minimum Gasteiger partial charge on any atom is -0.458 e. The predicted molar refractivity (Wildman–Crippen MR) is 203 cm³/mol. The molecule has 8 aliphatic rings. The monoisotopic (exact) mass is 872 g/mol. The van der Waals surface area contributed by atoms with E-state index in [-0.39, 0.29) is 43.2 Å². The van der Waals surface area contributed by atoms with Gasteiger partial charge in [0, 0.05) is 31.4 Å². The van der Waals surface area contributed by atoms with Crippen LogP contribution in [0, 0.1) is 28.6 Å². The quantitative estimate of drug-likeness (QED) is 0.0622. The van der Waals surface area contributed by atoms with Gasteiger partial charge in [-0.15, -0.1) is 0 Å². The standard InChI is InChI=1S/C42H64O19/c1-19-36(61-38-35(51)33(49)31(47)27(60-38)17-56-37-34(50)32(48)30(46)26(15-43)59-37)25(54-3)13-29(57-19)58-21-4-9-40(18-44)23-5-8-39(2)22(20-12-28(45)55-16-20)7-11-42(39,53)24(23)6-10-41(40,52)14-21/h12,18-19,21-27,29-38,43,46-53H,4-11,13-17H2,1-3H3/t19-,21-,22+,23-,24+,25-,26+,27+,29+,30+,31+,32-,33-,34+,35+,36-,37+,38-,39-,40+,41-,42-/m1/s1. The Bertz CT molecular complexity index is 1630. The lowest BCUT2D eigenvalue weighted by Gasteiger charge is -2.65. The van der Waals surface area contributed by atoms with Gasteiger partial charge in [0.1, 0.15) is 67.8 Å². The third kappa shape index (κ3) is 7.55. The zero-order valence-electron chi connectivity index (χ0n) is 34.8. The van der Waals surface area contributed by atoms with E-state index in [0.717, 1.165) is 18.3 Å². The van der Waals surface area contributed by atoms with Gasteiger partial charge in [-0.3, -0.25) is 0 Å². The molecule has 0 unspecified atom stereocenters. The molecular formula is C42H64O19. The van der Waals surface area contributed by atoms with Crippen LogP contribution in [-0.4, -0.2) is 188 Å². The Morgan fingerprint density at radius 2 is 1.51 bits per heavy atom. The van der Waals surface area contributed by atoms with Crippen molar-refractivity contribution in [3.05, 3.63) is 11.6 Å². The molecule has 4 heterocycles. The first-order chi connectivity index (χ1) is 28.9. The Kier molecular flexibility index (Phi) is 12.9. The van der Waals surface area contributed by atoms with Crippen LogP contribution in [-0.2, 0) is 47.5 Å². The maximum atomic E-state index is 13.3. The molecule has 0 radical (unpaired) electrons. The predicted octanol–water partition coefficient (Wildman–Crippen LogP) is -1.92. The smallest absolute Gasteiger partial charge is 0.331 e. The minimum atomic E-state index is -1.75. The highest BCUT2D eigenvalue weighted by atomic mass is 16.8. The summed E-state index contributed by atoms with van der Waals surface area (Å²) in [5.74, 6) is -0.767. The summed E-state index contributed by atoms with van der Waals surface area (Å²) >= 11 is 0. The number of aliphatic hydroxyl groups is 9. The zero-order chi connectivity index (χ0) is 43.8. The summed E-state index contributed by atoms with van der Waals surface area (Å²) in [6.07, 6.45) is -12.2. The van der Waals surface area contributed by atoms with Crippen molar-refractivity contribution in [3.63, 3.8) is 0 Å². The number of carbonyl (C=O) groups excluding carboxylic acids is 2. The molecule has 4 aliphatic heterocycles. The molecular weight excluding hydrogens is 808 g/mol. The summed E-state index contributed by atoms with van der Waals surface area (Å²) in [6, 6.07) is 0. The van der Waals surface area contributed by atoms with Crippen LogP contribution in [0.4, 0.5) is 0 Å². The maximum absolute atomic E-state index is 13.3. The van der Waals surface area contributed by atoms with E-state index < -0.39 is 127 Å². The Hall–Kier alpha value is -1.76. The third-order valence-electron chi connectivity index (χ3n) is 16.3. The van der Waals surface area contributed by atoms with Crippen LogP contribution in [0.1, 0.15) is 78.1 Å². The van der Waals surface area contributed by atoms with Crippen molar-refractivity contribution in [2.24, 2.45) is 28.6 Å². The molecule has 346 valence electrons. The Morgan fingerprint density at radius 3 is 2.18 bits per heavy atom. The van der Waals surface area contributed by atoms with Crippen LogP contribution in [0.25, 0.3) is 0 Å². The van der Waals surface area contributed by atoms with Crippen molar-refractivity contribution in [3.8, 4) is 0 Å². The van der Waals surface area contributed by atoms with Crippen molar-refractivity contribution >= 4 is 12.3 Å². The van der Waals surface area contributed by atoms with Gasteiger partial charge in [0.05, 0.1) is 48.1 Å². The SMILES string of the molecule is CO[C@@H]1C[C@H](O[C@@H]2CC[C@]3(C=O)[C@@H]4CC[C@]5(C)[C@H](C6=CC(=O)OC6)CC[C@@]5(O)[C@H]4CC[C@@]3(O)C2)O[C@H](C)[C@H]1O[C@H]1O[C@@H](CO[C@H]2O[C@@H](CO)[C@H](O)[C@@H](O)[C@@H]2O)[C@H](O)[C@@H](O)[C@@H]1O. The second-order valence-corrected chi connectivity index (χ2v) is 19.2. The van der Waals surface area contributed by atoms with Crippen molar-refractivity contribution < 1.29 is 93.4 Å². The summed E-state index contributed by atoms with van der Waals surface area (Å²) in [5.41, 5.74) is -3.06. The fourth-order valence-electron chi connectivity index (χ4n) is 12.9. The van der Waals surface area contributed by atoms with E-state index in [2.05, 4.69) is 6.92 Å². The fraction of sp³-hybridized carbons (Fsp3) is 0.905. The molecule has 0 aromatic rings. The van der Waals surface area contributed by atoms with Gasteiger partial charge in [0.25, 0.3) is 0 Å². The molecule has 22 atom stereocenters. The van der Waals surface area contributed by atoms with Crippen LogP contribution in [0.2, 0.25) is 0 Å². The Labute approximate surface area is 353 Å². The van der Waals surface area contributed by atoms with Gasteiger partial charge in [0.2, 0.25) is 0 Å². The average Bonchev–Trinajstić information content (AvgIpc) is 3.79. The van der Waals surface area contributed by atoms with E-state index in [1.54, 1.807) is 13.0 Å². The highest BCUT2D eigenvalue weighted by molar-refractivity contribution is 5.85. The first kappa shape index (κ1) is 45.8. The van der Waals surface area contributed by atoms with Crippen molar-refractivity contribution in [1.82, 2.24) is 0 Å². The zero-order valence-corrected chi connectivity index (χ0v) is 34.8. The molecule has 0 aromatic carbocycles. The van der Waals surface area contributed by atoms with Crippen molar-refractivity contribution in [1.29, 1.82) is 0 Å². The summed E-state index contributed by atoms with van der Waals surface area (Å²) in [5, 5.41) is 97.4. The number of rotatable bonds is 11. The van der Waals surface area contributed by atoms with Crippen LogP contribution >= 0.6 is 0 Å². The molecule has 0 bridgehead atoms. The number of ether oxygens (including phenoxy) is 8. The Morgan fingerprint density at radius 1 is 0.820 bits per heavy atom. The maximum Gasteiger partial charge on any atom is 0.331 e. The number of methoxy groups -OCH3 is 1. The van der Waals surface area contributed by atoms with Crippen molar-refractivity contribution in [2.75, 3.05) is 26.9 Å². The van der Waals surface area contributed by atoms with E-state index in [1.165, 1.54) is 7.11 Å². The molecule has 19 nitrogen and oxygen atoms in total. The molecule has 0 spiro atoms. The number of carbonyl (C=O) groups is 2. The van der Waals surface area contributed by atoms with E-state index in [0.29, 0.717) is 44.9 Å². The van der Waals surface area contributed by atoms with E-state index in [4.69, 9.17) is 37.9 Å². The number of fused-ring (bicyclic) bond motifs is 5. The topological polar surface area (TPSA) is 290 Å². The van der Waals surface area contributed by atoms with Gasteiger partial charge in [0.15, 0.2) is 18.9 Å². The van der Waals surface area contributed by atoms with E-state index in [1.807, 2.05) is 0 Å². The number of aldehydes is 1. The van der Waals surface area contributed by atoms with Gasteiger partial charge in [-0.05, 0) is 81.6 Å². The van der Waals surface area contributed by atoms with Gasteiger partial charge >= 0.3 is 5.97 Å². The summed E-state index contributed by atoms with van der Waals surface area (Å²) in [7, 11) is 1.47. The lowest BCUT2D eigenvalue weighted by atomic mass is 9.41. The number of hydrogen-bond donors (Lipinski definition) is 9. The molecule has 4 aliphatic carbocycles. The molecule has 4 saturated carbocycles. The van der Waals surface area contributed by atoms with Gasteiger partial charge in [-0.2, -0.15) is 0 Å². The van der Waals surface area contributed by atoms with Crippen LogP contribution in [0.5, 0.6) is 0 Å². The highest BCUT2D eigenvalue weighted by Crippen LogP contribution is 2.70. The second-order valence-electron chi connectivity index (χ2n) is 19.2. The molecule has 0 aromatic heterocycles. The highest BCUT2D eigenvalue weighted by Gasteiger charge is 2.71. The molecule has 9 N–H and O–H groups in total. The van der Waals surface area contributed by atoms with E-state index >= 15 is 0 Å². The minimum absolute atomic E-state index is 0.00485. The number of aliphatic hydroxyl groups excluding tert-OH is 7. The molecule has 7 fully saturated rings. The summed E-state index contributed by atoms with van der Waals surface area (Å²) < 4.78 is 46.7. The summed E-state index contributed by atoms with van der Waals surface area (Å²) in [4.78, 5) is 25.3. The number of esters is 1. The van der Waals surface area contributed by atoms with Gasteiger partial charge in [-0.25, -0.2) is 4.79 Å². The summed E-state index contributed by atoms with van der Waals surface area (Å²) in [6.45, 7) is 2.86.